The molecule has 0 aliphatic heterocycles. The lowest BCUT2D eigenvalue weighted by Crippen LogP contribution is -2.06. The van der Waals surface area contributed by atoms with Gasteiger partial charge in [0.1, 0.15) is 13.6 Å². The highest BCUT2D eigenvalue weighted by molar-refractivity contribution is 6.16. The summed E-state index contributed by atoms with van der Waals surface area (Å²) < 4.78 is 5.64. The smallest absolute Gasteiger partial charge is 0.129 e. The Morgan fingerprint density at radius 3 is 2.67 bits per heavy atom. The highest BCUT2D eigenvalue weighted by Crippen LogP contribution is 2.11. The molecular formula is C12H17BO2. The molecule has 3 heteroatoms. The van der Waals surface area contributed by atoms with Crippen LogP contribution in [0.3, 0.4) is 0 Å². The van der Waals surface area contributed by atoms with E-state index < -0.39 is 0 Å². The topological polar surface area (TPSA) is 29.5 Å². The summed E-state index contributed by atoms with van der Waals surface area (Å²) in [6, 6.07) is 7.10. The van der Waals surface area contributed by atoms with Gasteiger partial charge in [0.15, 0.2) is 0 Å². The summed E-state index contributed by atoms with van der Waals surface area (Å²) in [5.74, 6) is 2.32. The maximum absolute atomic E-state index is 9.10. The van der Waals surface area contributed by atoms with Crippen LogP contribution in [0.1, 0.15) is 18.9 Å². The summed E-state index contributed by atoms with van der Waals surface area (Å²) in [5, 5.41) is 9.10. The summed E-state index contributed by atoms with van der Waals surface area (Å²) in [6.45, 7) is 2.65. The zero-order valence-electron chi connectivity index (χ0n) is 9.31. The van der Waals surface area contributed by atoms with E-state index in [2.05, 4.69) is 13.0 Å². The molecule has 2 nitrogen and oxygen atoms in total. The molecule has 1 rings (SSSR count). The third-order valence-corrected chi connectivity index (χ3v) is 2.17. The highest BCUT2D eigenvalue weighted by Gasteiger charge is 2.00. The third kappa shape index (κ3) is 4.70. The number of benzene rings is 1. The van der Waals surface area contributed by atoms with E-state index in [0.717, 1.165) is 12.0 Å². The van der Waals surface area contributed by atoms with Crippen LogP contribution < -0.4 is 0 Å². The van der Waals surface area contributed by atoms with Crippen molar-refractivity contribution in [2.75, 3.05) is 0 Å². The summed E-state index contributed by atoms with van der Waals surface area (Å²) in [6.07, 6.45) is 3.27. The number of hydrogen-bond donors (Lipinski definition) is 1. The van der Waals surface area contributed by atoms with Gasteiger partial charge < -0.3 is 9.84 Å². The van der Waals surface area contributed by atoms with E-state index in [-0.39, 0.29) is 6.10 Å². The largest absolute Gasteiger partial charge is 0.508 e. The Bertz CT molecular complexity index is 306. The lowest BCUT2D eigenvalue weighted by atomic mass is 10.1. The van der Waals surface area contributed by atoms with Gasteiger partial charge in [-0.3, -0.25) is 0 Å². The average Bonchev–Trinajstić information content (AvgIpc) is 2.25. The van der Waals surface area contributed by atoms with Crippen LogP contribution >= 0.6 is 0 Å². The minimum atomic E-state index is 0.231. The predicted molar refractivity (Wildman–Crippen MR) is 64.7 cm³/mol. The van der Waals surface area contributed by atoms with Gasteiger partial charge in [-0.05, 0) is 31.0 Å². The van der Waals surface area contributed by atoms with E-state index in [1.54, 1.807) is 12.1 Å². The van der Waals surface area contributed by atoms with Gasteiger partial charge in [-0.15, -0.1) is 5.98 Å². The summed E-state index contributed by atoms with van der Waals surface area (Å²) in [4.78, 5) is 0. The van der Waals surface area contributed by atoms with Crippen LogP contribution in [0.5, 0.6) is 5.75 Å². The molecule has 0 aliphatic rings. The monoisotopic (exact) mass is 204 g/mol. The molecule has 0 radical (unpaired) electrons. The predicted octanol–water partition coefficient (Wildman–Crippen LogP) is 1.83. The van der Waals surface area contributed by atoms with Crippen molar-refractivity contribution in [2.24, 2.45) is 0 Å². The van der Waals surface area contributed by atoms with Crippen LogP contribution in [0.25, 0.3) is 0 Å². The van der Waals surface area contributed by atoms with E-state index in [9.17, 15) is 0 Å². The van der Waals surface area contributed by atoms with Gasteiger partial charge in [-0.25, -0.2) is 0 Å². The lowest BCUT2D eigenvalue weighted by molar-refractivity contribution is 0.0552. The standard InChI is InChI=1S/C12H17BO2/c1-10(3-2-8-13)15-9-11-4-6-12(14)7-5-11/h2,4-8,10,14H,3,9,13H2,1H3/b8-2-/t10-/m1/s1. The van der Waals surface area contributed by atoms with Crippen molar-refractivity contribution in [1.29, 1.82) is 0 Å². The van der Waals surface area contributed by atoms with E-state index >= 15 is 0 Å². The Balaban J connectivity index is 2.33. The van der Waals surface area contributed by atoms with E-state index in [0.29, 0.717) is 12.4 Å². The first-order valence-electron chi connectivity index (χ1n) is 5.23. The van der Waals surface area contributed by atoms with Crippen LogP contribution in [0.15, 0.2) is 36.3 Å². The Hall–Kier alpha value is -1.22. The number of ether oxygens (including phenoxy) is 1. The zero-order chi connectivity index (χ0) is 11.1. The van der Waals surface area contributed by atoms with Crippen LogP contribution in [0.4, 0.5) is 0 Å². The molecule has 0 amide bonds. The molecule has 1 aromatic carbocycles. The Labute approximate surface area is 92.0 Å². The molecule has 1 atom stereocenters. The van der Waals surface area contributed by atoms with Crippen molar-refractivity contribution in [2.45, 2.75) is 26.1 Å². The van der Waals surface area contributed by atoms with Gasteiger partial charge in [0.25, 0.3) is 0 Å². The van der Waals surface area contributed by atoms with Crippen molar-refractivity contribution >= 4 is 7.85 Å². The lowest BCUT2D eigenvalue weighted by Gasteiger charge is -2.10. The third-order valence-electron chi connectivity index (χ3n) is 2.17. The first-order chi connectivity index (χ1) is 7.22. The number of phenolic OH excluding ortho intramolecular Hbond substituents is 1. The fourth-order valence-electron chi connectivity index (χ4n) is 1.23. The molecule has 0 spiro atoms. The SMILES string of the molecule is B/C=C\C[C@@H](C)OCc1ccc(O)cc1. The van der Waals surface area contributed by atoms with Crippen molar-refractivity contribution < 1.29 is 9.84 Å². The number of phenols is 1. The molecule has 0 bridgehead atoms. The van der Waals surface area contributed by atoms with Crippen molar-refractivity contribution in [3.63, 3.8) is 0 Å². The van der Waals surface area contributed by atoms with Gasteiger partial charge in [-0.1, -0.05) is 18.2 Å². The number of rotatable bonds is 5. The summed E-state index contributed by atoms with van der Waals surface area (Å²) >= 11 is 0. The zero-order valence-corrected chi connectivity index (χ0v) is 9.31. The van der Waals surface area contributed by atoms with Crippen molar-refractivity contribution in [3.05, 3.63) is 41.9 Å². The molecule has 1 aromatic rings. The van der Waals surface area contributed by atoms with E-state index in [1.165, 1.54) is 0 Å². The van der Waals surface area contributed by atoms with Gasteiger partial charge in [0.05, 0.1) is 12.7 Å². The number of hydrogen-bond acceptors (Lipinski definition) is 2. The minimum absolute atomic E-state index is 0.231. The fraction of sp³-hybridized carbons (Fsp3) is 0.333. The van der Waals surface area contributed by atoms with Gasteiger partial charge >= 0.3 is 0 Å². The van der Waals surface area contributed by atoms with Crippen LogP contribution in [-0.4, -0.2) is 19.1 Å². The Morgan fingerprint density at radius 2 is 2.07 bits per heavy atom. The molecule has 0 saturated carbocycles. The van der Waals surface area contributed by atoms with E-state index in [1.807, 2.05) is 26.0 Å². The van der Waals surface area contributed by atoms with Crippen LogP contribution in [-0.2, 0) is 11.3 Å². The quantitative estimate of drug-likeness (QED) is 0.741. The van der Waals surface area contributed by atoms with E-state index in [4.69, 9.17) is 9.84 Å². The number of aromatic hydroxyl groups is 1. The molecule has 15 heavy (non-hydrogen) atoms. The highest BCUT2D eigenvalue weighted by atomic mass is 16.5. The molecule has 0 aliphatic carbocycles. The van der Waals surface area contributed by atoms with Crippen LogP contribution in [0.2, 0.25) is 0 Å². The summed E-state index contributed by atoms with van der Waals surface area (Å²) in [5.41, 5.74) is 1.08. The second-order valence-electron chi connectivity index (χ2n) is 3.59. The second-order valence-corrected chi connectivity index (χ2v) is 3.59. The molecular weight excluding hydrogens is 187 g/mol. The van der Waals surface area contributed by atoms with Gasteiger partial charge in [0.2, 0.25) is 0 Å². The van der Waals surface area contributed by atoms with Gasteiger partial charge in [0, 0.05) is 0 Å². The average molecular weight is 204 g/mol. The fourth-order valence-corrected chi connectivity index (χ4v) is 1.23. The first-order valence-corrected chi connectivity index (χ1v) is 5.23. The molecule has 0 unspecified atom stereocenters. The van der Waals surface area contributed by atoms with Gasteiger partial charge in [-0.2, -0.15) is 0 Å². The Kier molecular flexibility index (Phi) is 4.98. The van der Waals surface area contributed by atoms with Crippen molar-refractivity contribution in [1.82, 2.24) is 0 Å². The molecule has 0 heterocycles. The molecule has 0 fully saturated rings. The minimum Gasteiger partial charge on any atom is -0.508 e. The molecule has 1 N–H and O–H groups in total. The van der Waals surface area contributed by atoms with Crippen LogP contribution in [0, 0.1) is 0 Å². The summed E-state index contributed by atoms with van der Waals surface area (Å²) in [7, 11) is 2.01. The molecule has 0 saturated heterocycles. The molecule has 0 aromatic heterocycles. The maximum Gasteiger partial charge on any atom is 0.129 e. The maximum atomic E-state index is 9.10. The molecule has 80 valence electrons. The first kappa shape index (κ1) is 11.9. The normalized spacial score (nSPS) is 13.1. The second kappa shape index (κ2) is 6.30. The van der Waals surface area contributed by atoms with Crippen molar-refractivity contribution in [3.8, 4) is 5.75 Å². The Morgan fingerprint density at radius 1 is 1.40 bits per heavy atom.